The first-order chi connectivity index (χ1) is 27.0. The van der Waals surface area contributed by atoms with Gasteiger partial charge in [0.15, 0.2) is 17.5 Å². The molecule has 4 aliphatic rings. The van der Waals surface area contributed by atoms with Gasteiger partial charge in [0.1, 0.15) is 35.6 Å². The summed E-state index contributed by atoms with van der Waals surface area (Å²) in [5.74, 6) is -5.36. The fourth-order valence-electron chi connectivity index (χ4n) is 9.56. The summed E-state index contributed by atoms with van der Waals surface area (Å²) in [5.41, 5.74) is -8.14. The maximum absolute atomic E-state index is 14.9. The van der Waals surface area contributed by atoms with Crippen molar-refractivity contribution in [3.63, 3.8) is 0 Å². The second kappa shape index (κ2) is 15.2. The van der Waals surface area contributed by atoms with E-state index < -0.39 is 112 Å². The number of amides is 1. The van der Waals surface area contributed by atoms with Gasteiger partial charge in [0.05, 0.1) is 35.6 Å². The molecule has 0 unspecified atom stereocenters. The van der Waals surface area contributed by atoms with Crippen LogP contribution in [0.5, 0.6) is 0 Å². The number of ether oxygens (including phenoxy) is 5. The smallest absolute Gasteiger partial charge is 0.408 e. The van der Waals surface area contributed by atoms with Gasteiger partial charge in [-0.1, -0.05) is 62.4 Å². The Morgan fingerprint density at radius 2 is 1.55 bits per heavy atom. The van der Waals surface area contributed by atoms with Gasteiger partial charge < -0.3 is 49.4 Å². The van der Waals surface area contributed by atoms with Gasteiger partial charge in [0.2, 0.25) is 0 Å². The number of Topliss-reactive ketones (excluding diaryl/α,β-unsaturated/α-hetero) is 1. The van der Waals surface area contributed by atoms with Crippen molar-refractivity contribution >= 4 is 29.8 Å². The molecule has 1 heterocycles. The van der Waals surface area contributed by atoms with Crippen molar-refractivity contribution in [1.29, 1.82) is 0 Å². The molecule has 15 heteroatoms. The second-order valence-electron chi connectivity index (χ2n) is 17.6. The number of fused-ring (bicyclic) bond motifs is 5. The molecule has 2 saturated carbocycles. The summed E-state index contributed by atoms with van der Waals surface area (Å²) < 4.78 is 29.5. The first-order valence-electron chi connectivity index (χ1n) is 19.3. The largest absolute Gasteiger partial charge is 0.456 e. The van der Waals surface area contributed by atoms with Gasteiger partial charge in [-0.3, -0.25) is 9.59 Å². The number of esters is 3. The van der Waals surface area contributed by atoms with Gasteiger partial charge in [0, 0.05) is 25.2 Å². The van der Waals surface area contributed by atoms with Crippen molar-refractivity contribution in [1.82, 2.24) is 5.32 Å². The zero-order valence-corrected chi connectivity index (χ0v) is 33.9. The molecule has 5 N–H and O–H groups in total. The predicted octanol–water partition coefficient (Wildman–Crippen LogP) is 3.26. The van der Waals surface area contributed by atoms with E-state index in [1.165, 1.54) is 26.0 Å². The van der Waals surface area contributed by atoms with Crippen LogP contribution in [0.4, 0.5) is 4.79 Å². The van der Waals surface area contributed by atoms with E-state index >= 15 is 0 Å². The number of hydrogen-bond acceptors (Lipinski definition) is 14. The lowest BCUT2D eigenvalue weighted by Crippen LogP contribution is -2.81. The van der Waals surface area contributed by atoms with Crippen molar-refractivity contribution in [3.05, 3.63) is 82.9 Å². The number of carbonyl (C=O) groups excluding carboxylic acids is 5. The third kappa shape index (κ3) is 7.10. The van der Waals surface area contributed by atoms with E-state index in [4.69, 9.17) is 23.7 Å². The number of rotatable bonds is 8. The summed E-state index contributed by atoms with van der Waals surface area (Å²) in [6.07, 6.45) is -11.5. The zero-order chi connectivity index (χ0) is 42.7. The van der Waals surface area contributed by atoms with E-state index in [0.29, 0.717) is 5.56 Å². The molecule has 314 valence electrons. The van der Waals surface area contributed by atoms with Gasteiger partial charge in [0.25, 0.3) is 0 Å². The number of aliphatic hydroxyl groups excluding tert-OH is 3. The fourth-order valence-corrected chi connectivity index (χ4v) is 9.56. The Morgan fingerprint density at radius 1 is 0.948 bits per heavy atom. The van der Waals surface area contributed by atoms with Crippen LogP contribution in [0.3, 0.4) is 0 Å². The number of nitrogens with one attached hydrogen (secondary N) is 1. The molecule has 1 aliphatic heterocycles. The Balaban J connectivity index is 1.49. The summed E-state index contributed by atoms with van der Waals surface area (Å²) in [7, 11) is 0. The average Bonchev–Trinajstić information content (AvgIpc) is 3.14. The number of carbonyl (C=O) groups is 5. The Labute approximate surface area is 336 Å². The van der Waals surface area contributed by atoms with E-state index in [1.807, 2.05) is 0 Å². The van der Waals surface area contributed by atoms with E-state index in [1.54, 1.807) is 83.1 Å². The van der Waals surface area contributed by atoms with Crippen molar-refractivity contribution in [2.75, 3.05) is 6.61 Å². The van der Waals surface area contributed by atoms with Crippen LogP contribution in [0.15, 0.2) is 71.8 Å². The lowest BCUT2D eigenvalue weighted by Gasteiger charge is -2.67. The molecule has 0 aromatic heterocycles. The molecule has 1 amide bonds. The van der Waals surface area contributed by atoms with Crippen LogP contribution >= 0.6 is 0 Å². The van der Waals surface area contributed by atoms with E-state index in [0.717, 1.165) is 6.92 Å². The van der Waals surface area contributed by atoms with Crippen LogP contribution in [0.1, 0.15) is 90.2 Å². The third-order valence-corrected chi connectivity index (χ3v) is 12.6. The minimum atomic E-state index is -2.35. The first kappa shape index (κ1) is 42.9. The highest BCUT2D eigenvalue weighted by atomic mass is 16.6. The Morgan fingerprint density at radius 3 is 2.10 bits per heavy atom. The maximum atomic E-state index is 14.9. The molecule has 2 bridgehead atoms. The molecule has 11 atom stereocenters. The molecule has 15 nitrogen and oxygen atoms in total. The van der Waals surface area contributed by atoms with Gasteiger partial charge in [-0.2, -0.15) is 0 Å². The van der Waals surface area contributed by atoms with Crippen LogP contribution in [0.25, 0.3) is 0 Å². The average molecular weight is 808 g/mol. The van der Waals surface area contributed by atoms with Crippen LogP contribution in [-0.2, 0) is 38.1 Å². The van der Waals surface area contributed by atoms with Gasteiger partial charge in [-0.15, -0.1) is 0 Å². The van der Waals surface area contributed by atoms with Gasteiger partial charge in [-0.25, -0.2) is 14.4 Å². The standard InChI is InChI=1S/C43H53NO14/c1-22-26(55-37(51)32(48)30(24-15-11-9-12-16-24)44-38(52)58-39(3,4)5)20-43(53)35(56-36(50)25-17-13-10-14-18-25)33-41(8,34(49)31(47)29(22)40(43,6)7)27(46)19-28-42(33,21-54-28)57-23(2)45/h9-18,26-28,30-33,35,46-48,53H,19-21H2,1-8H3,(H,44,52)/t26-,27-,28+,30+,31+,32+,33-,35-,41+,42-,43-/m0/s1. The summed E-state index contributed by atoms with van der Waals surface area (Å²) in [6.45, 7) is 11.8. The van der Waals surface area contributed by atoms with Crippen LogP contribution < -0.4 is 5.32 Å². The Bertz CT molecular complexity index is 1980. The second-order valence-corrected chi connectivity index (χ2v) is 17.6. The van der Waals surface area contributed by atoms with Gasteiger partial charge >= 0.3 is 24.0 Å². The third-order valence-electron chi connectivity index (χ3n) is 12.6. The molecule has 0 spiro atoms. The van der Waals surface area contributed by atoms with E-state index in [9.17, 15) is 44.4 Å². The Hall–Kier alpha value is -4.67. The van der Waals surface area contributed by atoms with Crippen LogP contribution in [0.2, 0.25) is 0 Å². The summed E-state index contributed by atoms with van der Waals surface area (Å²) in [6, 6.07) is 14.6. The van der Waals surface area contributed by atoms with Crippen molar-refractivity contribution in [2.45, 2.75) is 128 Å². The minimum absolute atomic E-state index is 0.0637. The number of benzene rings is 2. The number of aliphatic hydroxyl groups is 4. The number of alkyl carbamates (subject to hydrolysis) is 1. The highest BCUT2D eigenvalue weighted by Crippen LogP contribution is 2.64. The molecule has 1 saturated heterocycles. The molecule has 3 fully saturated rings. The monoisotopic (exact) mass is 807 g/mol. The Kier molecular flexibility index (Phi) is 11.2. The SMILES string of the molecule is CC(=O)O[C@@]12CO[C@@H]1C[C@H](O)[C@@]1(C)C(=O)[C@H](O)C3=C(C)[C@@H](OC(=O)[C@H](O)[C@H](NC(=O)OC(C)(C)C)c4ccccc4)C[C@](O)([C@@H](OC(=O)c4ccccc4)[C@H]21)C3(C)C. The maximum Gasteiger partial charge on any atom is 0.408 e. The molecule has 2 aromatic carbocycles. The lowest BCUT2D eigenvalue weighted by atomic mass is 9.44. The van der Waals surface area contributed by atoms with Crippen molar-refractivity contribution < 1.29 is 68.1 Å². The summed E-state index contributed by atoms with van der Waals surface area (Å²) >= 11 is 0. The number of hydrogen-bond donors (Lipinski definition) is 5. The molecule has 2 aromatic rings. The zero-order valence-electron chi connectivity index (χ0n) is 33.9. The van der Waals surface area contributed by atoms with Gasteiger partial charge in [-0.05, 0) is 63.5 Å². The molecular weight excluding hydrogens is 754 g/mol. The molecule has 6 rings (SSSR count). The first-order valence-corrected chi connectivity index (χ1v) is 19.3. The lowest BCUT2D eigenvalue weighted by molar-refractivity contribution is -0.346. The van der Waals surface area contributed by atoms with E-state index in [-0.39, 0.29) is 29.7 Å². The topological polar surface area (TPSA) is 224 Å². The highest BCUT2D eigenvalue weighted by molar-refractivity contribution is 5.94. The van der Waals surface area contributed by atoms with Crippen LogP contribution in [-0.4, -0.2) is 110 Å². The predicted molar refractivity (Wildman–Crippen MR) is 204 cm³/mol. The number of ketones is 1. The van der Waals surface area contributed by atoms with Crippen molar-refractivity contribution in [2.24, 2.45) is 16.7 Å². The molecular formula is C43H53NO14. The molecule has 3 aliphatic carbocycles. The quantitative estimate of drug-likeness (QED) is 0.147. The van der Waals surface area contributed by atoms with Crippen LogP contribution in [0, 0.1) is 16.7 Å². The fraction of sp³-hybridized carbons (Fsp3) is 0.558. The normalized spacial score (nSPS) is 33.7. The molecule has 0 radical (unpaired) electrons. The van der Waals surface area contributed by atoms with Crippen molar-refractivity contribution in [3.8, 4) is 0 Å². The molecule has 58 heavy (non-hydrogen) atoms. The van der Waals surface area contributed by atoms with E-state index in [2.05, 4.69) is 5.32 Å². The summed E-state index contributed by atoms with van der Waals surface area (Å²) in [4.78, 5) is 68.9. The summed E-state index contributed by atoms with van der Waals surface area (Å²) in [5, 5.41) is 51.6. The highest BCUT2D eigenvalue weighted by Gasteiger charge is 2.78. The minimum Gasteiger partial charge on any atom is -0.456 e.